The number of rotatable bonds is 3. The van der Waals surface area contributed by atoms with E-state index in [-0.39, 0.29) is 5.56 Å². The Hall–Kier alpha value is -1.95. The van der Waals surface area contributed by atoms with Crippen molar-refractivity contribution in [3.63, 3.8) is 0 Å². The Bertz CT molecular complexity index is 631. The third-order valence-electron chi connectivity index (χ3n) is 2.85. The largest absolute Gasteiger partial charge is 0.373 e. The van der Waals surface area contributed by atoms with E-state index in [1.54, 1.807) is 38.5 Å². The van der Waals surface area contributed by atoms with Crippen molar-refractivity contribution in [1.82, 2.24) is 4.98 Å². The van der Waals surface area contributed by atoms with Crippen molar-refractivity contribution >= 4 is 33.3 Å². The smallest absolute Gasteiger partial charge is 0.261 e. The number of amides is 1. The molecule has 0 saturated carbocycles. The van der Waals surface area contributed by atoms with Gasteiger partial charge in [-0.15, -0.1) is 0 Å². The Kier molecular flexibility index (Phi) is 4.34. The van der Waals surface area contributed by atoms with Gasteiger partial charge in [0.2, 0.25) is 0 Å². The minimum atomic E-state index is -0.551. The van der Waals surface area contributed by atoms with Gasteiger partial charge < -0.3 is 10.2 Å². The first-order chi connectivity index (χ1) is 9.52. The molecular weight excluding hydrogens is 325 g/mol. The molecule has 1 amide bonds. The quantitative estimate of drug-likeness (QED) is 0.934. The topological polar surface area (TPSA) is 45.2 Å². The maximum atomic E-state index is 13.7. The molecule has 0 spiro atoms. The molecule has 0 atom stereocenters. The van der Waals surface area contributed by atoms with Gasteiger partial charge in [0.25, 0.3) is 5.91 Å². The van der Waals surface area contributed by atoms with Crippen LogP contribution in [0.5, 0.6) is 0 Å². The lowest BCUT2D eigenvalue weighted by molar-refractivity contribution is 0.0989. The second-order valence-electron chi connectivity index (χ2n) is 4.14. The van der Waals surface area contributed by atoms with Crippen LogP contribution in [0.15, 0.2) is 41.0 Å². The van der Waals surface area contributed by atoms with Gasteiger partial charge >= 0.3 is 0 Å². The molecule has 1 aromatic heterocycles. The summed E-state index contributed by atoms with van der Waals surface area (Å²) in [6.45, 7) is 0. The van der Waals surface area contributed by atoms with Crippen LogP contribution in [0.1, 0.15) is 10.4 Å². The number of aromatic nitrogens is 1. The summed E-state index contributed by atoms with van der Waals surface area (Å²) in [5.41, 5.74) is 0.605. The van der Waals surface area contributed by atoms with Crippen LogP contribution >= 0.6 is 15.9 Å². The normalized spacial score (nSPS) is 10.2. The molecule has 1 aromatic carbocycles. The third kappa shape index (κ3) is 2.96. The molecular formula is C14H13BrFN3O. The predicted octanol–water partition coefficient (Wildman–Crippen LogP) is 3.30. The standard InChI is InChI=1S/C14H13BrFN3O/c1-17-13-6-4-10(8-18-13)19(2)14(20)11-7-9(15)3-5-12(11)16/h3-8H,1-2H3,(H,17,18). The van der Waals surface area contributed by atoms with Gasteiger partial charge in [0.05, 0.1) is 17.4 Å². The van der Waals surface area contributed by atoms with Gasteiger partial charge in [-0.05, 0) is 30.3 Å². The molecule has 0 fully saturated rings. The number of carbonyl (C=O) groups is 1. The van der Waals surface area contributed by atoms with E-state index in [0.717, 1.165) is 0 Å². The molecule has 2 aromatic rings. The Morgan fingerprint density at radius 2 is 2.10 bits per heavy atom. The highest BCUT2D eigenvalue weighted by Gasteiger charge is 2.18. The predicted molar refractivity (Wildman–Crippen MR) is 80.6 cm³/mol. The molecule has 0 bridgehead atoms. The van der Waals surface area contributed by atoms with Gasteiger partial charge in [-0.2, -0.15) is 0 Å². The summed E-state index contributed by atoms with van der Waals surface area (Å²) >= 11 is 3.23. The molecule has 104 valence electrons. The fourth-order valence-corrected chi connectivity index (χ4v) is 2.05. The van der Waals surface area contributed by atoms with Crippen LogP contribution in [0, 0.1) is 5.82 Å². The second kappa shape index (κ2) is 6.00. The van der Waals surface area contributed by atoms with Gasteiger partial charge in [-0.3, -0.25) is 4.79 Å². The summed E-state index contributed by atoms with van der Waals surface area (Å²) < 4.78 is 14.4. The first-order valence-corrected chi connectivity index (χ1v) is 6.69. The zero-order chi connectivity index (χ0) is 14.7. The second-order valence-corrected chi connectivity index (χ2v) is 5.06. The van der Waals surface area contributed by atoms with Crippen LogP contribution in [-0.2, 0) is 0 Å². The number of hydrogen-bond acceptors (Lipinski definition) is 3. The number of hydrogen-bond donors (Lipinski definition) is 1. The number of halogens is 2. The van der Waals surface area contributed by atoms with Crippen LogP contribution in [-0.4, -0.2) is 25.0 Å². The molecule has 20 heavy (non-hydrogen) atoms. The van der Waals surface area contributed by atoms with Crippen LogP contribution in [0.4, 0.5) is 15.9 Å². The van der Waals surface area contributed by atoms with E-state index in [2.05, 4.69) is 26.2 Å². The molecule has 6 heteroatoms. The lowest BCUT2D eigenvalue weighted by atomic mass is 10.2. The number of pyridine rings is 1. The maximum Gasteiger partial charge on any atom is 0.261 e. The first kappa shape index (κ1) is 14.5. The summed E-state index contributed by atoms with van der Waals surface area (Å²) in [7, 11) is 3.34. The van der Waals surface area contributed by atoms with Gasteiger partial charge in [0, 0.05) is 18.6 Å². The van der Waals surface area contributed by atoms with Crippen LogP contribution in [0.2, 0.25) is 0 Å². The van der Waals surface area contributed by atoms with Gasteiger partial charge in [-0.25, -0.2) is 9.37 Å². The van der Waals surface area contributed by atoms with Crippen molar-refractivity contribution in [2.45, 2.75) is 0 Å². The average Bonchev–Trinajstić information content (AvgIpc) is 2.48. The van der Waals surface area contributed by atoms with E-state index in [0.29, 0.717) is 16.0 Å². The lowest BCUT2D eigenvalue weighted by Crippen LogP contribution is -2.27. The first-order valence-electron chi connectivity index (χ1n) is 5.90. The van der Waals surface area contributed by atoms with Gasteiger partial charge in [0.1, 0.15) is 11.6 Å². The van der Waals surface area contributed by atoms with E-state index in [4.69, 9.17) is 0 Å². The summed E-state index contributed by atoms with van der Waals surface area (Å²) in [5, 5.41) is 2.89. The van der Waals surface area contributed by atoms with Crippen molar-refractivity contribution < 1.29 is 9.18 Å². The van der Waals surface area contributed by atoms with E-state index < -0.39 is 11.7 Å². The summed E-state index contributed by atoms with van der Waals surface area (Å²) in [6.07, 6.45) is 1.56. The highest BCUT2D eigenvalue weighted by Crippen LogP contribution is 2.20. The Morgan fingerprint density at radius 1 is 1.35 bits per heavy atom. The van der Waals surface area contributed by atoms with Crippen LogP contribution in [0.3, 0.4) is 0 Å². The fourth-order valence-electron chi connectivity index (χ4n) is 1.69. The highest BCUT2D eigenvalue weighted by molar-refractivity contribution is 9.10. The minimum Gasteiger partial charge on any atom is -0.373 e. The van der Waals surface area contributed by atoms with E-state index in [1.807, 2.05) is 0 Å². The summed E-state index contributed by atoms with van der Waals surface area (Å²) in [4.78, 5) is 17.8. The number of anilines is 2. The zero-order valence-electron chi connectivity index (χ0n) is 11.0. The van der Waals surface area contributed by atoms with Crippen LogP contribution < -0.4 is 10.2 Å². The number of carbonyl (C=O) groups excluding carboxylic acids is 1. The van der Waals surface area contributed by atoms with E-state index in [9.17, 15) is 9.18 Å². The summed E-state index contributed by atoms with van der Waals surface area (Å²) in [5.74, 6) is -0.282. The Morgan fingerprint density at radius 3 is 2.70 bits per heavy atom. The zero-order valence-corrected chi connectivity index (χ0v) is 12.6. The monoisotopic (exact) mass is 337 g/mol. The van der Waals surface area contributed by atoms with Gasteiger partial charge in [0.15, 0.2) is 0 Å². The maximum absolute atomic E-state index is 13.7. The molecule has 1 N–H and O–H groups in total. The van der Waals surface area contributed by atoms with Crippen molar-refractivity contribution in [3.8, 4) is 0 Å². The van der Waals surface area contributed by atoms with E-state index in [1.165, 1.54) is 17.0 Å². The summed E-state index contributed by atoms with van der Waals surface area (Å²) in [6, 6.07) is 7.76. The van der Waals surface area contributed by atoms with Crippen molar-refractivity contribution in [2.75, 3.05) is 24.3 Å². The Balaban J connectivity index is 2.29. The van der Waals surface area contributed by atoms with E-state index >= 15 is 0 Å². The molecule has 0 aliphatic carbocycles. The Labute approximate surface area is 124 Å². The van der Waals surface area contributed by atoms with Crippen LogP contribution in [0.25, 0.3) is 0 Å². The molecule has 0 aliphatic rings. The van der Waals surface area contributed by atoms with Crippen molar-refractivity contribution in [3.05, 3.63) is 52.4 Å². The minimum absolute atomic E-state index is 0.0135. The fraction of sp³-hybridized carbons (Fsp3) is 0.143. The molecule has 0 radical (unpaired) electrons. The van der Waals surface area contributed by atoms with Gasteiger partial charge in [-0.1, -0.05) is 15.9 Å². The number of nitrogens with zero attached hydrogens (tertiary/aromatic N) is 2. The molecule has 0 aliphatic heterocycles. The molecule has 0 unspecified atom stereocenters. The third-order valence-corrected chi connectivity index (χ3v) is 3.35. The lowest BCUT2D eigenvalue weighted by Gasteiger charge is -2.17. The molecule has 0 saturated heterocycles. The van der Waals surface area contributed by atoms with Crippen molar-refractivity contribution in [1.29, 1.82) is 0 Å². The highest BCUT2D eigenvalue weighted by atomic mass is 79.9. The average molecular weight is 338 g/mol. The molecule has 2 rings (SSSR count). The van der Waals surface area contributed by atoms with Crippen molar-refractivity contribution in [2.24, 2.45) is 0 Å². The number of benzene rings is 1. The SMILES string of the molecule is CNc1ccc(N(C)C(=O)c2cc(Br)ccc2F)cn1. The number of nitrogens with one attached hydrogen (secondary N) is 1. The molecule has 1 heterocycles. The molecule has 4 nitrogen and oxygen atoms in total.